The molecule has 1 aliphatic carbocycles. The molecular formula is C14H21ClN2O. The summed E-state index contributed by atoms with van der Waals surface area (Å²) in [6.07, 6.45) is 4.89. The maximum atomic E-state index is 12.1. The van der Waals surface area contributed by atoms with Crippen molar-refractivity contribution in [2.75, 3.05) is 5.32 Å². The Kier molecular flexibility index (Phi) is 5.17. The maximum Gasteiger partial charge on any atom is 0.244 e. The van der Waals surface area contributed by atoms with Crippen LogP contribution < -0.4 is 11.1 Å². The van der Waals surface area contributed by atoms with E-state index in [1.165, 1.54) is 12.0 Å². The molecule has 0 radical (unpaired) electrons. The van der Waals surface area contributed by atoms with Crippen LogP contribution in [0.2, 0.25) is 0 Å². The van der Waals surface area contributed by atoms with Crippen molar-refractivity contribution in [1.82, 2.24) is 0 Å². The van der Waals surface area contributed by atoms with Gasteiger partial charge in [0.1, 0.15) is 0 Å². The Bertz CT molecular complexity index is 397. The standard InChI is InChI=1S/C14H20N2O.ClH/c1-11-5-7-12(8-6-11)16-13(17)14(15)9-3-2-4-10-14;/h5-8H,2-4,9-10,15H2,1H3,(H,16,17);1H. The van der Waals surface area contributed by atoms with Crippen LogP contribution in [-0.4, -0.2) is 11.4 Å². The molecule has 1 amide bonds. The molecule has 2 rings (SSSR count). The Morgan fingerprint density at radius 3 is 2.28 bits per heavy atom. The molecule has 1 saturated carbocycles. The highest BCUT2D eigenvalue weighted by Crippen LogP contribution is 2.27. The van der Waals surface area contributed by atoms with Gasteiger partial charge in [-0.3, -0.25) is 4.79 Å². The van der Waals surface area contributed by atoms with Crippen LogP contribution in [-0.2, 0) is 4.79 Å². The molecule has 0 aliphatic heterocycles. The number of halogens is 1. The van der Waals surface area contributed by atoms with Gasteiger partial charge in [0.05, 0.1) is 5.54 Å². The molecule has 18 heavy (non-hydrogen) atoms. The number of nitrogens with two attached hydrogens (primary N) is 1. The average Bonchev–Trinajstić information content (AvgIpc) is 2.33. The molecule has 1 aromatic rings. The third kappa shape index (κ3) is 3.47. The molecule has 0 saturated heterocycles. The van der Waals surface area contributed by atoms with Gasteiger partial charge in [-0.1, -0.05) is 37.0 Å². The Morgan fingerprint density at radius 2 is 1.72 bits per heavy atom. The predicted molar refractivity (Wildman–Crippen MR) is 77.1 cm³/mol. The van der Waals surface area contributed by atoms with Gasteiger partial charge in [-0.05, 0) is 31.9 Å². The van der Waals surface area contributed by atoms with Crippen molar-refractivity contribution in [3.63, 3.8) is 0 Å². The highest BCUT2D eigenvalue weighted by Gasteiger charge is 2.35. The van der Waals surface area contributed by atoms with E-state index in [0.717, 1.165) is 31.4 Å². The molecular weight excluding hydrogens is 248 g/mol. The number of carbonyl (C=O) groups excluding carboxylic acids is 1. The van der Waals surface area contributed by atoms with Crippen LogP contribution in [0.1, 0.15) is 37.7 Å². The fourth-order valence-corrected chi connectivity index (χ4v) is 2.30. The van der Waals surface area contributed by atoms with Crippen molar-refractivity contribution in [3.05, 3.63) is 29.8 Å². The largest absolute Gasteiger partial charge is 0.324 e. The SMILES string of the molecule is Cc1ccc(NC(=O)C2(N)CCCCC2)cc1.Cl. The second-order valence-electron chi connectivity index (χ2n) is 5.04. The van der Waals surface area contributed by atoms with Crippen molar-refractivity contribution >= 4 is 24.0 Å². The Morgan fingerprint density at radius 1 is 1.17 bits per heavy atom. The number of hydrogen-bond donors (Lipinski definition) is 2. The summed E-state index contributed by atoms with van der Waals surface area (Å²) in [5.41, 5.74) is 7.52. The molecule has 0 aromatic heterocycles. The van der Waals surface area contributed by atoms with Crippen molar-refractivity contribution in [2.24, 2.45) is 5.73 Å². The van der Waals surface area contributed by atoms with Gasteiger partial charge in [-0.15, -0.1) is 12.4 Å². The first-order valence-electron chi connectivity index (χ1n) is 6.27. The molecule has 0 bridgehead atoms. The number of hydrogen-bond acceptors (Lipinski definition) is 2. The van der Waals surface area contributed by atoms with Crippen molar-refractivity contribution < 1.29 is 4.79 Å². The topological polar surface area (TPSA) is 55.1 Å². The van der Waals surface area contributed by atoms with Crippen LogP contribution in [0, 0.1) is 6.92 Å². The summed E-state index contributed by atoms with van der Waals surface area (Å²) in [6, 6.07) is 7.80. The first-order chi connectivity index (χ1) is 8.10. The van der Waals surface area contributed by atoms with Gasteiger partial charge >= 0.3 is 0 Å². The molecule has 0 spiro atoms. The van der Waals surface area contributed by atoms with Crippen molar-refractivity contribution in [3.8, 4) is 0 Å². The first kappa shape index (κ1) is 15.0. The average molecular weight is 269 g/mol. The Labute approximate surface area is 115 Å². The maximum absolute atomic E-state index is 12.1. The van der Waals surface area contributed by atoms with Gasteiger partial charge in [0.25, 0.3) is 0 Å². The molecule has 0 unspecified atom stereocenters. The normalized spacial score (nSPS) is 17.7. The lowest BCUT2D eigenvalue weighted by Gasteiger charge is -2.31. The van der Waals surface area contributed by atoms with E-state index in [4.69, 9.17) is 5.73 Å². The van der Waals surface area contributed by atoms with E-state index in [1.807, 2.05) is 31.2 Å². The molecule has 3 N–H and O–H groups in total. The van der Waals surface area contributed by atoms with E-state index >= 15 is 0 Å². The van der Waals surface area contributed by atoms with Gasteiger partial charge in [0.15, 0.2) is 0 Å². The fraction of sp³-hybridized carbons (Fsp3) is 0.500. The zero-order valence-corrected chi connectivity index (χ0v) is 11.6. The molecule has 1 aliphatic rings. The summed E-state index contributed by atoms with van der Waals surface area (Å²) in [5.74, 6) is -0.0407. The summed E-state index contributed by atoms with van der Waals surface area (Å²) in [6.45, 7) is 2.02. The van der Waals surface area contributed by atoms with Crippen LogP contribution in [0.25, 0.3) is 0 Å². The van der Waals surface area contributed by atoms with E-state index in [0.29, 0.717) is 0 Å². The third-order valence-electron chi connectivity index (χ3n) is 3.51. The minimum atomic E-state index is -0.664. The Hall–Kier alpha value is -1.06. The van der Waals surface area contributed by atoms with E-state index in [-0.39, 0.29) is 18.3 Å². The summed E-state index contributed by atoms with van der Waals surface area (Å²) < 4.78 is 0. The lowest BCUT2D eigenvalue weighted by atomic mass is 9.82. The molecule has 0 atom stereocenters. The summed E-state index contributed by atoms with van der Waals surface area (Å²) >= 11 is 0. The molecule has 4 heteroatoms. The second-order valence-corrected chi connectivity index (χ2v) is 5.04. The number of anilines is 1. The zero-order chi connectivity index (χ0) is 12.3. The number of carbonyl (C=O) groups is 1. The minimum absolute atomic E-state index is 0. The molecule has 1 fully saturated rings. The van der Waals surface area contributed by atoms with Crippen LogP contribution in [0.15, 0.2) is 24.3 Å². The van der Waals surface area contributed by atoms with Crippen molar-refractivity contribution in [2.45, 2.75) is 44.6 Å². The third-order valence-corrected chi connectivity index (χ3v) is 3.51. The van der Waals surface area contributed by atoms with Crippen LogP contribution in [0.4, 0.5) is 5.69 Å². The van der Waals surface area contributed by atoms with Gasteiger partial charge in [0.2, 0.25) is 5.91 Å². The molecule has 1 aromatic carbocycles. The van der Waals surface area contributed by atoms with Gasteiger partial charge in [-0.2, -0.15) is 0 Å². The number of amides is 1. The van der Waals surface area contributed by atoms with E-state index in [9.17, 15) is 4.79 Å². The monoisotopic (exact) mass is 268 g/mol. The number of nitrogens with one attached hydrogen (secondary N) is 1. The van der Waals surface area contributed by atoms with Crippen LogP contribution >= 0.6 is 12.4 Å². The first-order valence-corrected chi connectivity index (χ1v) is 6.27. The predicted octanol–water partition coefficient (Wildman–Crippen LogP) is 3.02. The molecule has 0 heterocycles. The lowest BCUT2D eigenvalue weighted by molar-refractivity contribution is -0.122. The minimum Gasteiger partial charge on any atom is -0.324 e. The van der Waals surface area contributed by atoms with E-state index in [2.05, 4.69) is 5.32 Å². The zero-order valence-electron chi connectivity index (χ0n) is 10.7. The quantitative estimate of drug-likeness (QED) is 0.866. The fourth-order valence-electron chi connectivity index (χ4n) is 2.30. The van der Waals surface area contributed by atoms with E-state index < -0.39 is 5.54 Å². The second kappa shape index (κ2) is 6.21. The van der Waals surface area contributed by atoms with Gasteiger partial charge in [0, 0.05) is 5.69 Å². The number of rotatable bonds is 2. The molecule has 3 nitrogen and oxygen atoms in total. The van der Waals surface area contributed by atoms with Crippen LogP contribution in [0.3, 0.4) is 0 Å². The highest BCUT2D eigenvalue weighted by molar-refractivity contribution is 5.98. The van der Waals surface area contributed by atoms with Gasteiger partial charge < -0.3 is 11.1 Å². The summed E-state index contributed by atoms with van der Waals surface area (Å²) in [5, 5.41) is 2.92. The number of aryl methyl sites for hydroxylation is 1. The van der Waals surface area contributed by atoms with E-state index in [1.54, 1.807) is 0 Å². The molecule has 100 valence electrons. The smallest absolute Gasteiger partial charge is 0.244 e. The Balaban J connectivity index is 0.00000162. The van der Waals surface area contributed by atoms with Crippen LogP contribution in [0.5, 0.6) is 0 Å². The number of benzene rings is 1. The van der Waals surface area contributed by atoms with Crippen molar-refractivity contribution in [1.29, 1.82) is 0 Å². The summed E-state index contributed by atoms with van der Waals surface area (Å²) in [4.78, 5) is 12.1. The summed E-state index contributed by atoms with van der Waals surface area (Å²) in [7, 11) is 0. The van der Waals surface area contributed by atoms with Gasteiger partial charge in [-0.25, -0.2) is 0 Å². The lowest BCUT2D eigenvalue weighted by Crippen LogP contribution is -2.52. The highest BCUT2D eigenvalue weighted by atomic mass is 35.5.